The molecule has 0 N–H and O–H groups in total. The standard InChI is InChI=1S/C36H44O3/c1-3-4-5-6-7-8-9-27-22-30-16-17-31(24-33(30)23-27)28-13-10-26(11-14-28)12-15-32-25-35(39-36(32)37)29-18-20-34(38-2)21-19-29/h10-11,13-14,16-21,24,27,32,35H,3-9,12,15,22-23,25H2,1-2H3. The Hall–Kier alpha value is -3.07. The highest BCUT2D eigenvalue weighted by molar-refractivity contribution is 5.75. The van der Waals surface area contributed by atoms with E-state index in [1.54, 1.807) is 18.2 Å². The van der Waals surface area contributed by atoms with Crippen molar-refractivity contribution >= 4 is 5.97 Å². The number of ether oxygens (including phenoxy) is 2. The lowest BCUT2D eigenvalue weighted by Crippen LogP contribution is -2.08. The van der Waals surface area contributed by atoms with Crippen LogP contribution in [0.4, 0.5) is 0 Å². The number of carbonyl (C=O) groups excluding carboxylic acids is 1. The largest absolute Gasteiger partial charge is 0.497 e. The van der Waals surface area contributed by atoms with Gasteiger partial charge in [0.2, 0.25) is 0 Å². The maximum atomic E-state index is 12.5. The van der Waals surface area contributed by atoms with E-state index < -0.39 is 0 Å². The Balaban J connectivity index is 1.10. The molecule has 0 aromatic heterocycles. The Labute approximate surface area is 234 Å². The molecular formula is C36H44O3. The molecule has 39 heavy (non-hydrogen) atoms. The lowest BCUT2D eigenvalue weighted by molar-refractivity contribution is -0.144. The second-order valence-corrected chi connectivity index (χ2v) is 11.7. The van der Waals surface area contributed by atoms with Gasteiger partial charge in [-0.1, -0.05) is 100 Å². The zero-order valence-corrected chi connectivity index (χ0v) is 23.8. The second-order valence-electron chi connectivity index (χ2n) is 11.7. The quantitative estimate of drug-likeness (QED) is 0.165. The van der Waals surface area contributed by atoms with Gasteiger partial charge in [0.1, 0.15) is 11.9 Å². The number of aryl methyl sites for hydroxylation is 1. The number of esters is 1. The Morgan fingerprint density at radius 1 is 0.795 bits per heavy atom. The first kappa shape index (κ1) is 27.5. The molecule has 206 valence electrons. The molecule has 0 saturated carbocycles. The van der Waals surface area contributed by atoms with Crippen LogP contribution >= 0.6 is 0 Å². The summed E-state index contributed by atoms with van der Waals surface area (Å²) >= 11 is 0. The first-order chi connectivity index (χ1) is 19.1. The molecule has 1 fully saturated rings. The van der Waals surface area contributed by atoms with Gasteiger partial charge < -0.3 is 9.47 Å². The fraction of sp³-hybridized carbons (Fsp3) is 0.472. The normalized spacial score (nSPS) is 20.2. The molecule has 3 unspecified atom stereocenters. The highest BCUT2D eigenvalue weighted by Gasteiger charge is 2.34. The van der Waals surface area contributed by atoms with E-state index in [-0.39, 0.29) is 18.0 Å². The lowest BCUT2D eigenvalue weighted by atomic mass is 9.93. The van der Waals surface area contributed by atoms with Crippen molar-refractivity contribution in [1.82, 2.24) is 0 Å². The molecule has 1 aliphatic heterocycles. The number of benzene rings is 3. The second kappa shape index (κ2) is 13.3. The fourth-order valence-electron chi connectivity index (χ4n) is 6.41. The van der Waals surface area contributed by atoms with Crippen molar-refractivity contribution in [3.63, 3.8) is 0 Å². The van der Waals surface area contributed by atoms with Gasteiger partial charge in [0.15, 0.2) is 0 Å². The van der Waals surface area contributed by atoms with E-state index in [1.807, 2.05) is 24.3 Å². The molecule has 0 bridgehead atoms. The molecule has 3 heteroatoms. The van der Waals surface area contributed by atoms with Crippen molar-refractivity contribution in [3.8, 4) is 16.9 Å². The molecule has 1 heterocycles. The molecule has 2 aliphatic rings. The summed E-state index contributed by atoms with van der Waals surface area (Å²) in [6.45, 7) is 2.29. The Morgan fingerprint density at radius 3 is 2.28 bits per heavy atom. The number of hydrogen-bond acceptors (Lipinski definition) is 3. The first-order valence-electron chi connectivity index (χ1n) is 15.2. The maximum Gasteiger partial charge on any atom is 0.309 e. The summed E-state index contributed by atoms with van der Waals surface area (Å²) in [5, 5.41) is 0. The van der Waals surface area contributed by atoms with Crippen LogP contribution in [0.3, 0.4) is 0 Å². The van der Waals surface area contributed by atoms with Crippen LogP contribution in [0.1, 0.15) is 93.1 Å². The number of hydrogen-bond donors (Lipinski definition) is 0. The SMILES string of the molecule is CCCCCCCCC1Cc2ccc(-c3ccc(CCC4CC(c5ccc(OC)cc5)OC4=O)cc3)cc2C1. The predicted molar refractivity (Wildman–Crippen MR) is 159 cm³/mol. The zero-order chi connectivity index (χ0) is 27.0. The van der Waals surface area contributed by atoms with Gasteiger partial charge in [-0.2, -0.15) is 0 Å². The number of rotatable bonds is 13. The van der Waals surface area contributed by atoms with Crippen molar-refractivity contribution in [1.29, 1.82) is 0 Å². The van der Waals surface area contributed by atoms with Crippen molar-refractivity contribution in [2.24, 2.45) is 11.8 Å². The van der Waals surface area contributed by atoms with Crippen LogP contribution in [-0.4, -0.2) is 13.1 Å². The van der Waals surface area contributed by atoms with E-state index in [4.69, 9.17) is 9.47 Å². The van der Waals surface area contributed by atoms with Crippen LogP contribution in [-0.2, 0) is 28.8 Å². The topological polar surface area (TPSA) is 35.5 Å². The number of cyclic esters (lactones) is 1. The van der Waals surface area contributed by atoms with Gasteiger partial charge in [0.05, 0.1) is 13.0 Å². The molecule has 3 nitrogen and oxygen atoms in total. The molecule has 3 aromatic rings. The average Bonchev–Trinajstić information content (AvgIpc) is 3.56. The Bertz CT molecular complexity index is 1210. The minimum Gasteiger partial charge on any atom is -0.497 e. The molecule has 1 saturated heterocycles. The molecule has 0 spiro atoms. The summed E-state index contributed by atoms with van der Waals surface area (Å²) in [6, 6.07) is 23.9. The summed E-state index contributed by atoms with van der Waals surface area (Å²) in [4.78, 5) is 12.5. The number of fused-ring (bicyclic) bond motifs is 1. The Morgan fingerprint density at radius 2 is 1.51 bits per heavy atom. The summed E-state index contributed by atoms with van der Waals surface area (Å²) in [6.07, 6.45) is 14.5. The Kier molecular flexibility index (Phi) is 9.40. The van der Waals surface area contributed by atoms with Crippen molar-refractivity contribution in [3.05, 3.63) is 89.0 Å². The minimum atomic E-state index is -0.152. The summed E-state index contributed by atoms with van der Waals surface area (Å²) in [7, 11) is 1.66. The molecule has 0 amide bonds. The third-order valence-corrected chi connectivity index (χ3v) is 8.84. The average molecular weight is 525 g/mol. The van der Waals surface area contributed by atoms with E-state index in [0.717, 1.165) is 36.5 Å². The van der Waals surface area contributed by atoms with Crippen LogP contribution < -0.4 is 4.74 Å². The first-order valence-corrected chi connectivity index (χ1v) is 15.2. The molecule has 5 rings (SSSR count). The minimum absolute atomic E-state index is 0.0437. The molecule has 1 aliphatic carbocycles. The monoisotopic (exact) mass is 524 g/mol. The molecule has 0 radical (unpaired) electrons. The fourth-order valence-corrected chi connectivity index (χ4v) is 6.41. The smallest absolute Gasteiger partial charge is 0.309 e. The summed E-state index contributed by atoms with van der Waals surface area (Å²) < 4.78 is 10.9. The van der Waals surface area contributed by atoms with Crippen LogP contribution in [0.5, 0.6) is 5.75 Å². The van der Waals surface area contributed by atoms with E-state index in [0.29, 0.717) is 0 Å². The van der Waals surface area contributed by atoms with E-state index >= 15 is 0 Å². The number of carbonyl (C=O) groups is 1. The van der Waals surface area contributed by atoms with Crippen molar-refractivity contribution < 1.29 is 14.3 Å². The van der Waals surface area contributed by atoms with Gasteiger partial charge in [0, 0.05) is 6.42 Å². The van der Waals surface area contributed by atoms with Gasteiger partial charge in [-0.25, -0.2) is 0 Å². The lowest BCUT2D eigenvalue weighted by Gasteiger charge is -2.10. The van der Waals surface area contributed by atoms with Crippen LogP contribution in [0, 0.1) is 11.8 Å². The summed E-state index contributed by atoms with van der Waals surface area (Å²) in [5.74, 6) is 1.53. The van der Waals surface area contributed by atoms with Crippen LogP contribution in [0.25, 0.3) is 11.1 Å². The zero-order valence-electron chi connectivity index (χ0n) is 23.8. The van der Waals surface area contributed by atoms with Crippen LogP contribution in [0.2, 0.25) is 0 Å². The molecule has 3 aromatic carbocycles. The third kappa shape index (κ3) is 7.12. The highest BCUT2D eigenvalue weighted by Crippen LogP contribution is 2.37. The van der Waals surface area contributed by atoms with Gasteiger partial charge >= 0.3 is 5.97 Å². The maximum absolute atomic E-state index is 12.5. The molecular weight excluding hydrogens is 480 g/mol. The van der Waals surface area contributed by atoms with Gasteiger partial charge in [-0.15, -0.1) is 0 Å². The van der Waals surface area contributed by atoms with Gasteiger partial charge in [-0.3, -0.25) is 4.79 Å². The summed E-state index contributed by atoms with van der Waals surface area (Å²) in [5.41, 5.74) is 8.03. The van der Waals surface area contributed by atoms with E-state index in [2.05, 4.69) is 49.4 Å². The van der Waals surface area contributed by atoms with Crippen LogP contribution in [0.15, 0.2) is 66.7 Å². The third-order valence-electron chi connectivity index (χ3n) is 8.84. The van der Waals surface area contributed by atoms with E-state index in [1.165, 1.54) is 74.5 Å². The number of unbranched alkanes of at least 4 members (excludes halogenated alkanes) is 5. The highest BCUT2D eigenvalue weighted by atomic mass is 16.6. The van der Waals surface area contributed by atoms with Crippen molar-refractivity contribution in [2.45, 2.75) is 90.1 Å². The van der Waals surface area contributed by atoms with Gasteiger partial charge in [-0.05, 0) is 83.5 Å². The predicted octanol–water partition coefficient (Wildman–Crippen LogP) is 9.06. The van der Waals surface area contributed by atoms with Gasteiger partial charge in [0.25, 0.3) is 0 Å². The van der Waals surface area contributed by atoms with E-state index in [9.17, 15) is 4.79 Å². The van der Waals surface area contributed by atoms with Crippen molar-refractivity contribution in [2.75, 3.05) is 7.11 Å². The number of methoxy groups -OCH3 is 1. The molecule has 3 atom stereocenters.